The van der Waals surface area contributed by atoms with E-state index in [1.807, 2.05) is 24.3 Å². The lowest BCUT2D eigenvalue weighted by Gasteiger charge is -2.39. The van der Waals surface area contributed by atoms with Crippen LogP contribution < -0.4 is 14.2 Å². The molecule has 24 heavy (non-hydrogen) atoms. The summed E-state index contributed by atoms with van der Waals surface area (Å²) in [6.07, 6.45) is -0.0497. The largest absolute Gasteiger partial charge is 0.497 e. The first-order chi connectivity index (χ1) is 11.6. The first-order valence-electron chi connectivity index (χ1n) is 7.54. The fraction of sp³-hybridized carbons (Fsp3) is 0.278. The van der Waals surface area contributed by atoms with Gasteiger partial charge in [0.1, 0.15) is 11.9 Å². The van der Waals surface area contributed by atoms with E-state index in [0.29, 0.717) is 40.9 Å². The van der Waals surface area contributed by atoms with E-state index in [1.165, 1.54) is 0 Å². The Balaban J connectivity index is 1.62. The number of methoxy groups -OCH3 is 2. The Morgan fingerprint density at radius 1 is 1.08 bits per heavy atom. The first-order valence-corrected chi connectivity index (χ1v) is 7.92. The van der Waals surface area contributed by atoms with Crippen LogP contribution in [0.5, 0.6) is 17.2 Å². The maximum atomic E-state index is 12.5. The van der Waals surface area contributed by atoms with Crippen LogP contribution in [0.25, 0.3) is 0 Å². The van der Waals surface area contributed by atoms with Gasteiger partial charge in [0.25, 0.3) is 5.91 Å². The molecule has 1 heterocycles. The molecule has 0 atom stereocenters. The molecule has 0 aromatic heterocycles. The van der Waals surface area contributed by atoms with Gasteiger partial charge in [-0.15, -0.1) is 0 Å². The van der Waals surface area contributed by atoms with E-state index in [4.69, 9.17) is 25.8 Å². The van der Waals surface area contributed by atoms with Crippen molar-refractivity contribution in [1.82, 2.24) is 4.90 Å². The molecule has 0 N–H and O–H groups in total. The Hall–Kier alpha value is -2.40. The van der Waals surface area contributed by atoms with Crippen molar-refractivity contribution in [3.8, 4) is 17.2 Å². The van der Waals surface area contributed by atoms with Crippen LogP contribution in [0.1, 0.15) is 10.4 Å². The molecular formula is C18H18ClNO4. The fourth-order valence-electron chi connectivity index (χ4n) is 2.56. The molecule has 1 amide bonds. The number of hydrogen-bond donors (Lipinski definition) is 0. The second-order valence-corrected chi connectivity index (χ2v) is 5.92. The van der Waals surface area contributed by atoms with Crippen LogP contribution in [-0.2, 0) is 0 Å². The summed E-state index contributed by atoms with van der Waals surface area (Å²) < 4.78 is 16.3. The van der Waals surface area contributed by atoms with Crippen molar-refractivity contribution >= 4 is 17.5 Å². The summed E-state index contributed by atoms with van der Waals surface area (Å²) in [5.41, 5.74) is 0.509. The molecule has 1 aliphatic rings. The molecule has 1 saturated heterocycles. The van der Waals surface area contributed by atoms with Gasteiger partial charge < -0.3 is 19.1 Å². The van der Waals surface area contributed by atoms with Crippen LogP contribution in [-0.4, -0.2) is 44.2 Å². The number of hydrogen-bond acceptors (Lipinski definition) is 4. The maximum Gasteiger partial charge on any atom is 0.254 e. The van der Waals surface area contributed by atoms with Gasteiger partial charge >= 0.3 is 0 Å². The summed E-state index contributed by atoms with van der Waals surface area (Å²) in [7, 11) is 3.14. The number of carbonyl (C=O) groups excluding carboxylic acids is 1. The Morgan fingerprint density at radius 3 is 2.46 bits per heavy atom. The average molecular weight is 348 g/mol. The van der Waals surface area contributed by atoms with Crippen molar-refractivity contribution in [2.45, 2.75) is 6.10 Å². The Morgan fingerprint density at radius 2 is 1.79 bits per heavy atom. The predicted molar refractivity (Wildman–Crippen MR) is 91.3 cm³/mol. The zero-order chi connectivity index (χ0) is 17.1. The van der Waals surface area contributed by atoms with Gasteiger partial charge in [-0.2, -0.15) is 0 Å². The van der Waals surface area contributed by atoms with Gasteiger partial charge in [0, 0.05) is 10.6 Å². The molecule has 126 valence electrons. The molecule has 0 radical (unpaired) electrons. The molecule has 1 fully saturated rings. The number of rotatable bonds is 5. The monoisotopic (exact) mass is 347 g/mol. The van der Waals surface area contributed by atoms with Gasteiger partial charge in [-0.3, -0.25) is 4.79 Å². The maximum absolute atomic E-state index is 12.5. The summed E-state index contributed by atoms with van der Waals surface area (Å²) in [6, 6.07) is 12.5. The lowest BCUT2D eigenvalue weighted by molar-refractivity contribution is 0.0168. The lowest BCUT2D eigenvalue weighted by atomic mass is 10.1. The number of amides is 1. The molecule has 3 rings (SSSR count). The minimum Gasteiger partial charge on any atom is -0.497 e. The van der Waals surface area contributed by atoms with Crippen LogP contribution >= 0.6 is 11.6 Å². The highest BCUT2D eigenvalue weighted by molar-refractivity contribution is 6.31. The van der Waals surface area contributed by atoms with E-state index in [0.717, 1.165) is 0 Å². The molecule has 0 bridgehead atoms. The molecule has 6 heteroatoms. The fourth-order valence-corrected chi connectivity index (χ4v) is 2.79. The van der Waals surface area contributed by atoms with Gasteiger partial charge in [0.15, 0.2) is 11.5 Å². The van der Waals surface area contributed by atoms with Crippen molar-refractivity contribution in [2.24, 2.45) is 0 Å². The highest BCUT2D eigenvalue weighted by Crippen LogP contribution is 2.29. The molecule has 5 nitrogen and oxygen atoms in total. The summed E-state index contributed by atoms with van der Waals surface area (Å²) >= 11 is 6.02. The van der Waals surface area contributed by atoms with Gasteiger partial charge in [0.2, 0.25) is 0 Å². The number of benzene rings is 2. The number of halogens is 1. The third-order valence-corrected chi connectivity index (χ3v) is 4.07. The van der Waals surface area contributed by atoms with Crippen molar-refractivity contribution in [3.05, 3.63) is 53.1 Å². The normalized spacial score (nSPS) is 14.0. The van der Waals surface area contributed by atoms with E-state index in [9.17, 15) is 4.79 Å². The average Bonchev–Trinajstić information content (AvgIpc) is 2.56. The van der Waals surface area contributed by atoms with Gasteiger partial charge in [0.05, 0.1) is 27.3 Å². The second kappa shape index (κ2) is 7.01. The number of para-hydroxylation sites is 2. The third-order valence-electron chi connectivity index (χ3n) is 3.85. The van der Waals surface area contributed by atoms with E-state index < -0.39 is 0 Å². The van der Waals surface area contributed by atoms with Crippen molar-refractivity contribution < 1.29 is 19.0 Å². The zero-order valence-corrected chi connectivity index (χ0v) is 14.2. The van der Waals surface area contributed by atoms with Crippen molar-refractivity contribution in [1.29, 1.82) is 0 Å². The standard InChI is InChI=1S/C18H18ClNO4/c1-22-14-8-12(7-13(19)9-14)18(21)20-10-15(11-20)24-17-6-4-3-5-16(17)23-2/h3-9,15H,10-11H2,1-2H3. The highest BCUT2D eigenvalue weighted by Gasteiger charge is 2.33. The van der Waals surface area contributed by atoms with Crippen molar-refractivity contribution in [2.75, 3.05) is 27.3 Å². The topological polar surface area (TPSA) is 48.0 Å². The Kier molecular flexibility index (Phi) is 4.81. The number of nitrogens with zero attached hydrogens (tertiary/aromatic N) is 1. The third kappa shape index (κ3) is 3.41. The quantitative estimate of drug-likeness (QED) is 0.833. The van der Waals surface area contributed by atoms with E-state index in [-0.39, 0.29) is 12.0 Å². The molecule has 0 saturated carbocycles. The number of likely N-dealkylation sites (tertiary alicyclic amines) is 1. The van der Waals surface area contributed by atoms with E-state index >= 15 is 0 Å². The number of carbonyl (C=O) groups is 1. The Bertz CT molecular complexity index is 744. The number of ether oxygens (including phenoxy) is 3. The minimum atomic E-state index is -0.0873. The van der Waals surface area contributed by atoms with Gasteiger partial charge in [-0.1, -0.05) is 23.7 Å². The molecule has 2 aromatic rings. The SMILES string of the molecule is COc1cc(Cl)cc(C(=O)N2CC(Oc3ccccc3OC)C2)c1. The molecule has 2 aromatic carbocycles. The molecule has 0 spiro atoms. The van der Waals surface area contributed by atoms with Crippen LogP contribution in [0, 0.1) is 0 Å². The van der Waals surface area contributed by atoms with Crippen LogP contribution in [0.2, 0.25) is 5.02 Å². The first kappa shape index (κ1) is 16.5. The smallest absolute Gasteiger partial charge is 0.254 e. The highest BCUT2D eigenvalue weighted by atomic mass is 35.5. The summed E-state index contributed by atoms with van der Waals surface area (Å²) in [6.45, 7) is 1.04. The summed E-state index contributed by atoms with van der Waals surface area (Å²) in [5.74, 6) is 1.84. The van der Waals surface area contributed by atoms with Crippen LogP contribution in [0.4, 0.5) is 0 Å². The summed E-state index contributed by atoms with van der Waals surface area (Å²) in [5, 5.41) is 0.472. The summed E-state index contributed by atoms with van der Waals surface area (Å²) in [4.78, 5) is 14.2. The van der Waals surface area contributed by atoms with E-state index in [2.05, 4.69) is 0 Å². The predicted octanol–water partition coefficient (Wildman–Crippen LogP) is 3.26. The molecule has 0 unspecified atom stereocenters. The second-order valence-electron chi connectivity index (χ2n) is 5.48. The van der Waals surface area contributed by atoms with E-state index in [1.54, 1.807) is 37.3 Å². The lowest BCUT2D eigenvalue weighted by Crippen LogP contribution is -2.56. The van der Waals surface area contributed by atoms with Gasteiger partial charge in [-0.05, 0) is 30.3 Å². The van der Waals surface area contributed by atoms with Crippen LogP contribution in [0.3, 0.4) is 0 Å². The molecular weight excluding hydrogens is 330 g/mol. The van der Waals surface area contributed by atoms with Crippen LogP contribution in [0.15, 0.2) is 42.5 Å². The minimum absolute atomic E-state index is 0.0497. The molecule has 1 aliphatic heterocycles. The van der Waals surface area contributed by atoms with Crippen molar-refractivity contribution in [3.63, 3.8) is 0 Å². The van der Waals surface area contributed by atoms with Gasteiger partial charge in [-0.25, -0.2) is 0 Å². The molecule has 0 aliphatic carbocycles. The Labute approximate surface area is 145 Å². The zero-order valence-electron chi connectivity index (χ0n) is 13.5.